The molecule has 0 aliphatic rings. The van der Waals surface area contributed by atoms with Gasteiger partial charge in [-0.2, -0.15) is 5.26 Å². The normalized spacial score (nSPS) is 10.6. The Bertz CT molecular complexity index is 1180. The van der Waals surface area contributed by atoms with Crippen LogP contribution < -0.4 is 4.74 Å². The lowest BCUT2D eigenvalue weighted by atomic mass is 10.0. The van der Waals surface area contributed by atoms with Crippen molar-refractivity contribution in [2.45, 2.75) is 6.92 Å². The van der Waals surface area contributed by atoms with Crippen LogP contribution in [0.3, 0.4) is 0 Å². The van der Waals surface area contributed by atoms with Gasteiger partial charge in [0.15, 0.2) is 6.61 Å². The summed E-state index contributed by atoms with van der Waals surface area (Å²) in [6.45, 7) is 1.89. The van der Waals surface area contributed by atoms with Gasteiger partial charge in [-0.05, 0) is 48.4 Å². The van der Waals surface area contributed by atoms with E-state index in [1.54, 1.807) is 12.1 Å². The fraction of sp³-hybridized carbons (Fsp3) is 0.0833. The first-order valence-corrected chi connectivity index (χ1v) is 8.99. The van der Waals surface area contributed by atoms with E-state index in [4.69, 9.17) is 10.00 Å². The van der Waals surface area contributed by atoms with Gasteiger partial charge in [0.25, 0.3) is 0 Å². The highest BCUT2D eigenvalue weighted by atomic mass is 16.5. The van der Waals surface area contributed by atoms with Gasteiger partial charge in [0.05, 0.1) is 11.6 Å². The van der Waals surface area contributed by atoms with Crippen LogP contribution in [0.25, 0.3) is 22.0 Å². The van der Waals surface area contributed by atoms with Crippen LogP contribution in [-0.2, 0) is 0 Å². The maximum Gasteiger partial charge on any atom is 0.202 e. The lowest BCUT2D eigenvalue weighted by Crippen LogP contribution is -2.12. The monoisotopic (exact) mass is 366 g/mol. The number of rotatable bonds is 5. The zero-order valence-corrected chi connectivity index (χ0v) is 15.4. The third-order valence-electron chi connectivity index (χ3n) is 4.74. The first-order chi connectivity index (χ1) is 13.7. The number of H-pyrrole nitrogens is 1. The van der Waals surface area contributed by atoms with Gasteiger partial charge < -0.3 is 9.72 Å². The molecule has 0 saturated carbocycles. The fourth-order valence-electron chi connectivity index (χ4n) is 3.34. The van der Waals surface area contributed by atoms with Crippen molar-refractivity contribution >= 4 is 16.7 Å². The number of aryl methyl sites for hydroxylation is 1. The summed E-state index contributed by atoms with van der Waals surface area (Å²) in [5.41, 5.74) is 5.17. The van der Waals surface area contributed by atoms with E-state index in [1.165, 1.54) is 0 Å². The molecule has 0 atom stereocenters. The molecular weight excluding hydrogens is 348 g/mol. The molecule has 0 unspecified atom stereocenters. The van der Waals surface area contributed by atoms with Crippen molar-refractivity contribution in [2.75, 3.05) is 6.61 Å². The number of carbonyl (C=O) groups is 1. The van der Waals surface area contributed by atoms with Crippen LogP contribution in [0.5, 0.6) is 5.75 Å². The molecule has 0 fully saturated rings. The lowest BCUT2D eigenvalue weighted by molar-refractivity contribution is 0.0922. The fourth-order valence-corrected chi connectivity index (χ4v) is 3.34. The van der Waals surface area contributed by atoms with Crippen molar-refractivity contribution in [1.82, 2.24) is 4.98 Å². The molecule has 0 radical (unpaired) electrons. The first kappa shape index (κ1) is 17.6. The number of nitrogens with one attached hydrogen (secondary N) is 1. The molecule has 28 heavy (non-hydrogen) atoms. The number of benzene rings is 3. The SMILES string of the molecule is Cc1[nH]c2ccccc2c1C(=O)COc1ccc(-c2ccc(C#N)cc2)cc1. The van der Waals surface area contributed by atoms with Crippen molar-refractivity contribution in [3.8, 4) is 22.9 Å². The highest BCUT2D eigenvalue weighted by Gasteiger charge is 2.16. The molecule has 0 aliphatic carbocycles. The van der Waals surface area contributed by atoms with Gasteiger partial charge in [0, 0.05) is 22.2 Å². The van der Waals surface area contributed by atoms with E-state index >= 15 is 0 Å². The Morgan fingerprint density at radius 2 is 1.61 bits per heavy atom. The standard InChI is InChI=1S/C24H18N2O2/c1-16-24(21-4-2-3-5-22(21)26-16)23(27)15-28-20-12-10-19(11-13-20)18-8-6-17(14-25)7-9-18/h2-13,26H,15H2,1H3. The highest BCUT2D eigenvalue weighted by molar-refractivity contribution is 6.09. The third kappa shape index (κ3) is 3.38. The summed E-state index contributed by atoms with van der Waals surface area (Å²) in [4.78, 5) is 15.9. The first-order valence-electron chi connectivity index (χ1n) is 8.99. The number of ether oxygens (including phenoxy) is 1. The number of nitriles is 1. The molecule has 1 heterocycles. The van der Waals surface area contributed by atoms with Crippen LogP contribution in [0.4, 0.5) is 0 Å². The number of carbonyl (C=O) groups excluding carboxylic acids is 1. The van der Waals surface area contributed by atoms with Gasteiger partial charge in [-0.25, -0.2) is 0 Å². The molecule has 1 aromatic heterocycles. The Morgan fingerprint density at radius 3 is 2.29 bits per heavy atom. The van der Waals surface area contributed by atoms with E-state index in [0.717, 1.165) is 27.7 Å². The number of aromatic amines is 1. The highest BCUT2D eigenvalue weighted by Crippen LogP contribution is 2.25. The Kier molecular flexibility index (Phi) is 4.65. The number of para-hydroxylation sites is 1. The topological polar surface area (TPSA) is 65.9 Å². The molecule has 1 N–H and O–H groups in total. The zero-order chi connectivity index (χ0) is 19.5. The van der Waals surface area contributed by atoms with Gasteiger partial charge >= 0.3 is 0 Å². The predicted octanol–water partition coefficient (Wildman–Crippen LogP) is 5.28. The van der Waals surface area contributed by atoms with Gasteiger partial charge in [-0.15, -0.1) is 0 Å². The quantitative estimate of drug-likeness (QED) is 0.489. The number of hydrogen-bond acceptors (Lipinski definition) is 3. The predicted molar refractivity (Wildman–Crippen MR) is 109 cm³/mol. The summed E-state index contributed by atoms with van der Waals surface area (Å²) in [6, 6.07) is 24.9. The van der Waals surface area contributed by atoms with Crippen LogP contribution >= 0.6 is 0 Å². The Balaban J connectivity index is 1.46. The van der Waals surface area contributed by atoms with Gasteiger partial charge in [-0.1, -0.05) is 42.5 Å². The minimum Gasteiger partial charge on any atom is -0.485 e. The van der Waals surface area contributed by atoms with Crippen molar-refractivity contribution in [3.63, 3.8) is 0 Å². The Labute approximate surface area is 163 Å². The minimum absolute atomic E-state index is 0.0150. The molecule has 4 rings (SSSR count). The smallest absolute Gasteiger partial charge is 0.202 e. The second-order valence-electron chi connectivity index (χ2n) is 6.60. The van der Waals surface area contributed by atoms with Crippen LogP contribution in [-0.4, -0.2) is 17.4 Å². The van der Waals surface area contributed by atoms with Gasteiger partial charge in [0.2, 0.25) is 5.78 Å². The number of ketones is 1. The van der Waals surface area contributed by atoms with Crippen LogP contribution in [0.1, 0.15) is 21.6 Å². The maximum absolute atomic E-state index is 12.7. The molecule has 0 aliphatic heterocycles. The average Bonchev–Trinajstić information content (AvgIpc) is 3.08. The van der Waals surface area contributed by atoms with Crippen LogP contribution in [0.15, 0.2) is 72.8 Å². The zero-order valence-electron chi connectivity index (χ0n) is 15.4. The van der Waals surface area contributed by atoms with Crippen LogP contribution in [0.2, 0.25) is 0 Å². The summed E-state index contributed by atoms with van der Waals surface area (Å²) >= 11 is 0. The molecule has 4 aromatic rings. The van der Waals surface area contributed by atoms with Crippen LogP contribution in [0, 0.1) is 18.3 Å². The molecular formula is C24H18N2O2. The number of hydrogen-bond donors (Lipinski definition) is 1. The summed E-state index contributed by atoms with van der Waals surface area (Å²) in [7, 11) is 0. The molecule has 0 spiro atoms. The molecule has 4 heteroatoms. The molecule has 3 aromatic carbocycles. The third-order valence-corrected chi connectivity index (χ3v) is 4.74. The van der Waals surface area contributed by atoms with Gasteiger partial charge in [-0.3, -0.25) is 4.79 Å². The van der Waals surface area contributed by atoms with E-state index in [1.807, 2.05) is 67.6 Å². The van der Waals surface area contributed by atoms with Gasteiger partial charge in [0.1, 0.15) is 5.75 Å². The number of Topliss-reactive ketones (excluding diaryl/α,β-unsaturated/α-hetero) is 1. The average molecular weight is 366 g/mol. The number of fused-ring (bicyclic) bond motifs is 1. The summed E-state index contributed by atoms with van der Waals surface area (Å²) < 4.78 is 5.72. The van der Waals surface area contributed by atoms with Crippen molar-refractivity contribution in [1.29, 1.82) is 5.26 Å². The van der Waals surface area contributed by atoms with E-state index in [0.29, 0.717) is 16.9 Å². The Morgan fingerprint density at radius 1 is 0.964 bits per heavy atom. The number of aromatic nitrogens is 1. The maximum atomic E-state index is 12.7. The Hall–Kier alpha value is -3.84. The molecule has 0 saturated heterocycles. The van der Waals surface area contributed by atoms with E-state index in [2.05, 4.69) is 11.1 Å². The number of nitrogens with zero attached hydrogens (tertiary/aromatic N) is 1. The molecule has 0 amide bonds. The van der Waals surface area contributed by atoms with Crippen molar-refractivity contribution < 1.29 is 9.53 Å². The second-order valence-corrected chi connectivity index (χ2v) is 6.60. The summed E-state index contributed by atoms with van der Waals surface area (Å²) in [5.74, 6) is 0.592. The van der Waals surface area contributed by atoms with E-state index < -0.39 is 0 Å². The van der Waals surface area contributed by atoms with Crippen molar-refractivity contribution in [2.24, 2.45) is 0 Å². The van der Waals surface area contributed by atoms with E-state index in [9.17, 15) is 4.79 Å². The largest absolute Gasteiger partial charge is 0.485 e. The lowest BCUT2D eigenvalue weighted by Gasteiger charge is -2.07. The second kappa shape index (κ2) is 7.42. The molecule has 4 nitrogen and oxygen atoms in total. The summed E-state index contributed by atoms with van der Waals surface area (Å²) in [6.07, 6.45) is 0. The summed E-state index contributed by atoms with van der Waals surface area (Å²) in [5, 5.41) is 9.81. The minimum atomic E-state index is -0.0499. The molecule has 136 valence electrons. The van der Waals surface area contributed by atoms with Crippen molar-refractivity contribution in [3.05, 3.63) is 89.6 Å². The molecule has 0 bridgehead atoms. The van der Waals surface area contributed by atoms with E-state index in [-0.39, 0.29) is 12.4 Å².